The lowest BCUT2D eigenvalue weighted by molar-refractivity contribution is -0.130. The van der Waals surface area contributed by atoms with E-state index in [9.17, 15) is 4.79 Å². The van der Waals surface area contributed by atoms with Gasteiger partial charge < -0.3 is 4.74 Å². The molecule has 0 bridgehead atoms. The predicted molar refractivity (Wildman–Crippen MR) is 120 cm³/mol. The Kier molecular flexibility index (Phi) is 3.54. The molecular weight excluding hydrogens is 368 g/mol. The van der Waals surface area contributed by atoms with Crippen molar-refractivity contribution in [2.75, 3.05) is 0 Å². The zero-order valence-electron chi connectivity index (χ0n) is 16.6. The van der Waals surface area contributed by atoms with Gasteiger partial charge in [0.2, 0.25) is 11.4 Å². The van der Waals surface area contributed by atoms with Crippen LogP contribution in [0.1, 0.15) is 33.7 Å². The van der Waals surface area contributed by atoms with Gasteiger partial charge in [0.15, 0.2) is 0 Å². The fourth-order valence-corrected chi connectivity index (χ4v) is 5.15. The fourth-order valence-electron chi connectivity index (χ4n) is 5.15. The number of carbonyl (C=O) groups is 1. The molecule has 144 valence electrons. The molecule has 0 saturated heterocycles. The average Bonchev–Trinajstić information content (AvgIpc) is 3.13. The highest BCUT2D eigenvalue weighted by atomic mass is 16.5. The van der Waals surface area contributed by atoms with Crippen molar-refractivity contribution in [2.45, 2.75) is 18.4 Å². The lowest BCUT2D eigenvalue weighted by Gasteiger charge is -2.36. The van der Waals surface area contributed by atoms with Crippen molar-refractivity contribution in [3.63, 3.8) is 0 Å². The lowest BCUT2D eigenvalue weighted by atomic mass is 9.69. The van der Waals surface area contributed by atoms with Gasteiger partial charge >= 0.3 is 0 Å². The highest BCUT2D eigenvalue weighted by Gasteiger charge is 2.57. The number of ketones is 1. The molecule has 2 unspecified atom stereocenters. The molecule has 0 saturated carbocycles. The van der Waals surface area contributed by atoms with E-state index < -0.39 is 5.60 Å². The highest BCUT2D eigenvalue weighted by Crippen LogP contribution is 2.57. The number of fused-ring (bicyclic) bond motifs is 5. The summed E-state index contributed by atoms with van der Waals surface area (Å²) in [6, 6.07) is 29.0. The molecule has 0 fully saturated rings. The van der Waals surface area contributed by atoms with Gasteiger partial charge in [-0.05, 0) is 41.0 Å². The molecule has 2 atom stereocenters. The average molecular weight is 388 g/mol. The summed E-state index contributed by atoms with van der Waals surface area (Å²) < 4.78 is 6.69. The van der Waals surface area contributed by atoms with E-state index in [0.717, 1.165) is 38.8 Å². The highest BCUT2D eigenvalue weighted by molar-refractivity contribution is 6.07. The summed E-state index contributed by atoms with van der Waals surface area (Å²) in [5.41, 5.74) is 4.24. The zero-order chi connectivity index (χ0) is 20.3. The van der Waals surface area contributed by atoms with Crippen LogP contribution < -0.4 is 4.74 Å². The van der Waals surface area contributed by atoms with Crippen molar-refractivity contribution in [3.05, 3.63) is 119 Å². The third kappa shape index (κ3) is 2.22. The van der Waals surface area contributed by atoms with Crippen LogP contribution in [0.4, 0.5) is 0 Å². The van der Waals surface area contributed by atoms with Gasteiger partial charge in [0, 0.05) is 11.1 Å². The van der Waals surface area contributed by atoms with Gasteiger partial charge in [0.1, 0.15) is 5.75 Å². The first-order valence-electron chi connectivity index (χ1n) is 10.3. The number of hydrogen-bond acceptors (Lipinski definition) is 2. The van der Waals surface area contributed by atoms with Gasteiger partial charge in [-0.1, -0.05) is 90.5 Å². The summed E-state index contributed by atoms with van der Waals surface area (Å²) in [5.74, 6) is 0.559. The molecule has 1 aliphatic heterocycles. The van der Waals surface area contributed by atoms with Crippen molar-refractivity contribution in [1.82, 2.24) is 0 Å². The molecule has 2 heteroatoms. The van der Waals surface area contributed by atoms with Crippen molar-refractivity contribution >= 4 is 22.6 Å². The van der Waals surface area contributed by atoms with E-state index in [1.165, 1.54) is 5.56 Å². The van der Waals surface area contributed by atoms with Crippen LogP contribution in [0.15, 0.2) is 91.0 Å². The van der Waals surface area contributed by atoms with Crippen molar-refractivity contribution in [3.8, 4) is 5.75 Å². The van der Waals surface area contributed by atoms with E-state index in [2.05, 4.69) is 61.5 Å². The molecule has 1 aliphatic carbocycles. The monoisotopic (exact) mass is 388 g/mol. The van der Waals surface area contributed by atoms with Crippen molar-refractivity contribution in [2.24, 2.45) is 0 Å². The summed E-state index contributed by atoms with van der Waals surface area (Å²) in [6.45, 7) is 2.09. The molecule has 0 amide bonds. The van der Waals surface area contributed by atoms with E-state index in [4.69, 9.17) is 4.74 Å². The van der Waals surface area contributed by atoms with Crippen LogP contribution in [-0.2, 0) is 10.4 Å². The van der Waals surface area contributed by atoms with Gasteiger partial charge in [-0.3, -0.25) is 4.79 Å². The summed E-state index contributed by atoms with van der Waals surface area (Å²) in [6.07, 6.45) is 3.58. The number of ether oxygens (including phenoxy) is 1. The lowest BCUT2D eigenvalue weighted by Crippen LogP contribution is -2.45. The number of rotatable bonds is 1. The molecule has 4 aromatic carbocycles. The molecular formula is C28H20O2. The van der Waals surface area contributed by atoms with E-state index in [1.807, 2.05) is 36.4 Å². The molecule has 30 heavy (non-hydrogen) atoms. The Hall–Kier alpha value is -3.65. The van der Waals surface area contributed by atoms with Crippen LogP contribution in [-0.4, -0.2) is 5.78 Å². The second-order valence-electron chi connectivity index (χ2n) is 8.17. The zero-order valence-corrected chi connectivity index (χ0v) is 16.6. The van der Waals surface area contributed by atoms with E-state index in [0.29, 0.717) is 0 Å². The summed E-state index contributed by atoms with van der Waals surface area (Å²) >= 11 is 0. The summed E-state index contributed by atoms with van der Waals surface area (Å²) in [4.78, 5) is 13.6. The van der Waals surface area contributed by atoms with Gasteiger partial charge in [-0.15, -0.1) is 0 Å². The number of hydrogen-bond donors (Lipinski definition) is 0. The van der Waals surface area contributed by atoms with Crippen LogP contribution in [0.3, 0.4) is 0 Å². The molecule has 1 heterocycles. The molecule has 4 aromatic rings. The Bertz CT molecular complexity index is 1360. The Morgan fingerprint density at radius 3 is 2.57 bits per heavy atom. The molecule has 2 aliphatic rings. The summed E-state index contributed by atoms with van der Waals surface area (Å²) in [7, 11) is 0. The second kappa shape index (κ2) is 6.17. The van der Waals surface area contributed by atoms with Gasteiger partial charge in [0.05, 0.1) is 5.92 Å². The van der Waals surface area contributed by atoms with E-state index in [1.54, 1.807) is 6.08 Å². The Morgan fingerprint density at radius 2 is 1.67 bits per heavy atom. The van der Waals surface area contributed by atoms with Gasteiger partial charge in [-0.2, -0.15) is 0 Å². The number of carbonyl (C=O) groups excluding carboxylic acids is 1. The Morgan fingerprint density at radius 1 is 0.833 bits per heavy atom. The largest absolute Gasteiger partial charge is 0.473 e. The maximum Gasteiger partial charge on any atom is 0.207 e. The summed E-state index contributed by atoms with van der Waals surface area (Å²) in [5, 5.41) is 2.29. The second-order valence-corrected chi connectivity index (χ2v) is 8.17. The minimum absolute atomic E-state index is 0.00649. The molecule has 2 nitrogen and oxygen atoms in total. The van der Waals surface area contributed by atoms with Crippen molar-refractivity contribution in [1.29, 1.82) is 0 Å². The normalized spacial score (nSPS) is 21.5. The van der Waals surface area contributed by atoms with Crippen LogP contribution in [0.25, 0.3) is 16.8 Å². The van der Waals surface area contributed by atoms with E-state index >= 15 is 0 Å². The number of benzene rings is 4. The number of aryl methyl sites for hydroxylation is 1. The maximum atomic E-state index is 13.6. The SMILES string of the molecule is Cc1cccc(C2c3c(ccc4ccccc34)OC23C(=O)C=Cc2ccccc23)c1. The minimum Gasteiger partial charge on any atom is -0.473 e. The van der Waals surface area contributed by atoms with Crippen LogP contribution >= 0.6 is 0 Å². The van der Waals surface area contributed by atoms with Crippen LogP contribution in [0, 0.1) is 6.92 Å². The first-order valence-corrected chi connectivity index (χ1v) is 10.3. The molecule has 0 radical (unpaired) electrons. The minimum atomic E-state index is -1.09. The topological polar surface area (TPSA) is 26.3 Å². The predicted octanol–water partition coefficient (Wildman–Crippen LogP) is 6.16. The molecule has 0 aromatic heterocycles. The Balaban J connectivity index is 1.74. The molecule has 0 N–H and O–H groups in total. The molecule has 6 rings (SSSR count). The van der Waals surface area contributed by atoms with Crippen molar-refractivity contribution < 1.29 is 9.53 Å². The standard InChI is InChI=1S/C28H20O2/c1-18-7-6-10-21(17-18)27-26-22-11-4-2-8-19(22)13-15-24(26)30-28(27)23-12-5-3-9-20(23)14-16-25(28)29/h2-17,27H,1H3. The first kappa shape index (κ1) is 17.2. The van der Waals surface area contributed by atoms with Gasteiger partial charge in [-0.25, -0.2) is 0 Å². The van der Waals surface area contributed by atoms with Gasteiger partial charge in [0.25, 0.3) is 0 Å². The quantitative estimate of drug-likeness (QED) is 0.390. The fraction of sp³-hybridized carbons (Fsp3) is 0.107. The smallest absolute Gasteiger partial charge is 0.207 e. The van der Waals surface area contributed by atoms with Crippen LogP contribution in [0.5, 0.6) is 5.75 Å². The molecule has 1 spiro atoms. The maximum absolute atomic E-state index is 13.6. The Labute approximate surface area is 175 Å². The third-order valence-corrected chi connectivity index (χ3v) is 6.41. The third-order valence-electron chi connectivity index (χ3n) is 6.41. The van der Waals surface area contributed by atoms with E-state index in [-0.39, 0.29) is 11.7 Å². The first-order chi connectivity index (χ1) is 14.7. The van der Waals surface area contributed by atoms with Crippen LogP contribution in [0.2, 0.25) is 0 Å².